The van der Waals surface area contributed by atoms with Crippen molar-refractivity contribution < 1.29 is 13.2 Å². The Hall–Kier alpha value is -2.65. The van der Waals surface area contributed by atoms with Gasteiger partial charge in [0.25, 0.3) is 0 Å². The molecule has 2 N–H and O–H groups in total. The van der Waals surface area contributed by atoms with Crippen LogP contribution in [0.25, 0.3) is 17.1 Å². The summed E-state index contributed by atoms with van der Waals surface area (Å²) in [5.74, 6) is 1.30. The molecule has 0 aliphatic heterocycles. The van der Waals surface area contributed by atoms with E-state index in [4.69, 9.17) is 17.0 Å². The Bertz CT molecular complexity index is 1070. The number of H-pyrrole nitrogens is 1. The molecule has 136 valence electrons. The second kappa shape index (κ2) is 7.30. The van der Waals surface area contributed by atoms with Crippen molar-refractivity contribution in [1.82, 2.24) is 14.8 Å². The van der Waals surface area contributed by atoms with Gasteiger partial charge in [-0.05, 0) is 55.5 Å². The number of nitrogens with zero attached hydrogens (tertiary/aromatic N) is 2. The standard InChI is InChI=1S/C17H18N4O3S2/c1-3-24-15-7-5-4-6-14(15)21-16(18-19-17(21)25)12-8-10-13(11-9-12)20-26(2,22)23/h4-11,20H,3H2,1-2H3,(H,19,25). The van der Waals surface area contributed by atoms with Crippen LogP contribution in [0.3, 0.4) is 0 Å². The third-order valence-electron chi connectivity index (χ3n) is 3.52. The van der Waals surface area contributed by atoms with Crippen molar-refractivity contribution in [3.05, 3.63) is 53.3 Å². The Balaban J connectivity index is 2.05. The topological polar surface area (TPSA) is 89.0 Å². The molecule has 1 heterocycles. The lowest BCUT2D eigenvalue weighted by Gasteiger charge is -2.13. The van der Waals surface area contributed by atoms with Gasteiger partial charge in [-0.1, -0.05) is 12.1 Å². The first kappa shape index (κ1) is 18.2. The molecule has 3 rings (SSSR count). The summed E-state index contributed by atoms with van der Waals surface area (Å²) in [6, 6.07) is 14.5. The molecule has 0 aliphatic rings. The molecule has 0 saturated heterocycles. The molecule has 0 fully saturated rings. The molecule has 0 spiro atoms. The predicted molar refractivity (Wildman–Crippen MR) is 104 cm³/mol. The van der Waals surface area contributed by atoms with Gasteiger partial charge in [-0.2, -0.15) is 5.10 Å². The fourth-order valence-corrected chi connectivity index (χ4v) is 3.33. The minimum atomic E-state index is -3.32. The summed E-state index contributed by atoms with van der Waals surface area (Å²) < 4.78 is 33.0. The zero-order chi connectivity index (χ0) is 18.7. The zero-order valence-electron chi connectivity index (χ0n) is 14.3. The van der Waals surface area contributed by atoms with Crippen LogP contribution in [0.2, 0.25) is 0 Å². The molecular weight excluding hydrogens is 372 g/mol. The van der Waals surface area contributed by atoms with E-state index in [1.54, 1.807) is 28.8 Å². The number of rotatable bonds is 6. The van der Waals surface area contributed by atoms with Crippen LogP contribution >= 0.6 is 12.2 Å². The van der Waals surface area contributed by atoms with Crippen LogP contribution in [-0.4, -0.2) is 36.0 Å². The normalized spacial score (nSPS) is 11.3. The number of benzene rings is 2. The second-order valence-electron chi connectivity index (χ2n) is 5.54. The van der Waals surface area contributed by atoms with Crippen molar-refractivity contribution in [3.63, 3.8) is 0 Å². The first-order valence-electron chi connectivity index (χ1n) is 7.87. The number of sulfonamides is 1. The van der Waals surface area contributed by atoms with E-state index in [2.05, 4.69) is 14.9 Å². The van der Waals surface area contributed by atoms with Crippen LogP contribution in [0, 0.1) is 4.77 Å². The fraction of sp³-hybridized carbons (Fsp3) is 0.176. The maximum absolute atomic E-state index is 11.3. The van der Waals surface area contributed by atoms with E-state index in [0.717, 1.165) is 17.5 Å². The summed E-state index contributed by atoms with van der Waals surface area (Å²) >= 11 is 5.39. The summed E-state index contributed by atoms with van der Waals surface area (Å²) in [6.45, 7) is 2.45. The molecule has 0 unspecified atom stereocenters. The molecule has 0 bridgehead atoms. The van der Waals surface area contributed by atoms with Crippen LogP contribution in [0.4, 0.5) is 5.69 Å². The Morgan fingerprint density at radius 2 is 1.88 bits per heavy atom. The van der Waals surface area contributed by atoms with Gasteiger partial charge in [-0.15, -0.1) is 0 Å². The molecule has 9 heteroatoms. The van der Waals surface area contributed by atoms with E-state index in [-0.39, 0.29) is 0 Å². The van der Waals surface area contributed by atoms with Crippen molar-refractivity contribution in [2.75, 3.05) is 17.6 Å². The number of hydrogen-bond acceptors (Lipinski definition) is 5. The Morgan fingerprint density at radius 3 is 2.54 bits per heavy atom. The highest BCUT2D eigenvalue weighted by atomic mass is 32.2. The van der Waals surface area contributed by atoms with E-state index >= 15 is 0 Å². The van der Waals surface area contributed by atoms with Crippen molar-refractivity contribution >= 4 is 27.9 Å². The Kier molecular flexibility index (Phi) is 5.10. The first-order chi connectivity index (χ1) is 12.4. The molecule has 0 radical (unpaired) electrons. The largest absolute Gasteiger partial charge is 0.492 e. The number of anilines is 1. The maximum Gasteiger partial charge on any atom is 0.229 e. The summed E-state index contributed by atoms with van der Waals surface area (Å²) in [4.78, 5) is 0. The zero-order valence-corrected chi connectivity index (χ0v) is 15.9. The number of para-hydroxylation sites is 2. The van der Waals surface area contributed by atoms with Crippen LogP contribution in [0.15, 0.2) is 48.5 Å². The van der Waals surface area contributed by atoms with E-state index in [1.165, 1.54) is 0 Å². The molecule has 2 aromatic carbocycles. The number of nitrogens with one attached hydrogen (secondary N) is 2. The third kappa shape index (κ3) is 3.94. The molecule has 0 saturated carbocycles. The van der Waals surface area contributed by atoms with Gasteiger partial charge in [0, 0.05) is 11.3 Å². The highest BCUT2D eigenvalue weighted by molar-refractivity contribution is 7.92. The van der Waals surface area contributed by atoms with E-state index in [1.807, 2.05) is 31.2 Å². The minimum Gasteiger partial charge on any atom is -0.492 e. The third-order valence-corrected chi connectivity index (χ3v) is 4.41. The van der Waals surface area contributed by atoms with Gasteiger partial charge in [0.15, 0.2) is 10.6 Å². The summed E-state index contributed by atoms with van der Waals surface area (Å²) in [6.07, 6.45) is 1.11. The monoisotopic (exact) mass is 390 g/mol. The highest BCUT2D eigenvalue weighted by Gasteiger charge is 2.14. The van der Waals surface area contributed by atoms with E-state index < -0.39 is 10.0 Å². The molecule has 1 aromatic heterocycles. The summed E-state index contributed by atoms with van der Waals surface area (Å²) in [5, 5.41) is 7.12. The smallest absolute Gasteiger partial charge is 0.229 e. The van der Waals surface area contributed by atoms with Gasteiger partial charge >= 0.3 is 0 Å². The van der Waals surface area contributed by atoms with Gasteiger partial charge in [-0.25, -0.2) is 8.42 Å². The van der Waals surface area contributed by atoms with E-state index in [0.29, 0.717) is 28.6 Å². The van der Waals surface area contributed by atoms with Gasteiger partial charge in [0.05, 0.1) is 18.6 Å². The number of aromatic nitrogens is 3. The average molecular weight is 390 g/mol. The van der Waals surface area contributed by atoms with Crippen molar-refractivity contribution in [3.8, 4) is 22.8 Å². The average Bonchev–Trinajstić information content (AvgIpc) is 2.96. The molecule has 3 aromatic rings. The second-order valence-corrected chi connectivity index (χ2v) is 7.68. The number of ether oxygens (including phenoxy) is 1. The van der Waals surface area contributed by atoms with Gasteiger partial charge in [-0.3, -0.25) is 14.4 Å². The molecule has 0 aliphatic carbocycles. The fourth-order valence-electron chi connectivity index (χ4n) is 2.53. The molecular formula is C17H18N4O3S2. The lowest BCUT2D eigenvalue weighted by atomic mass is 10.2. The summed E-state index contributed by atoms with van der Waals surface area (Å²) in [5.41, 5.74) is 2.04. The lowest BCUT2D eigenvalue weighted by Crippen LogP contribution is -2.09. The number of hydrogen-bond donors (Lipinski definition) is 2. The Labute approximate surface area is 156 Å². The van der Waals surface area contributed by atoms with Crippen molar-refractivity contribution in [2.45, 2.75) is 6.92 Å². The highest BCUT2D eigenvalue weighted by Crippen LogP contribution is 2.28. The van der Waals surface area contributed by atoms with Crippen LogP contribution < -0.4 is 9.46 Å². The van der Waals surface area contributed by atoms with Crippen LogP contribution in [0.1, 0.15) is 6.92 Å². The molecule has 0 amide bonds. The predicted octanol–water partition coefficient (Wildman–Crippen LogP) is 3.37. The minimum absolute atomic E-state index is 0.436. The van der Waals surface area contributed by atoms with Gasteiger partial charge < -0.3 is 4.74 Å². The first-order valence-corrected chi connectivity index (χ1v) is 10.2. The SMILES string of the molecule is CCOc1ccccc1-n1c(-c2ccc(NS(C)(=O)=O)cc2)n[nH]c1=S. The number of aromatic amines is 1. The molecule has 26 heavy (non-hydrogen) atoms. The Morgan fingerprint density at radius 1 is 1.19 bits per heavy atom. The van der Waals surface area contributed by atoms with E-state index in [9.17, 15) is 8.42 Å². The van der Waals surface area contributed by atoms with Crippen LogP contribution in [0.5, 0.6) is 5.75 Å². The summed E-state index contributed by atoms with van der Waals surface area (Å²) in [7, 11) is -3.32. The van der Waals surface area contributed by atoms with Crippen molar-refractivity contribution in [2.24, 2.45) is 0 Å². The lowest BCUT2D eigenvalue weighted by molar-refractivity contribution is 0.339. The van der Waals surface area contributed by atoms with Crippen LogP contribution in [-0.2, 0) is 10.0 Å². The molecule has 0 atom stereocenters. The quantitative estimate of drug-likeness (QED) is 0.630. The molecule has 7 nitrogen and oxygen atoms in total. The maximum atomic E-state index is 11.3. The van der Waals surface area contributed by atoms with Gasteiger partial charge in [0.2, 0.25) is 10.0 Å². The van der Waals surface area contributed by atoms with Gasteiger partial charge in [0.1, 0.15) is 5.75 Å². The van der Waals surface area contributed by atoms with Crippen molar-refractivity contribution in [1.29, 1.82) is 0 Å².